The van der Waals surface area contributed by atoms with Crippen LogP contribution in [0, 0.1) is 39.3 Å². The molecule has 0 N–H and O–H groups in total. The van der Waals surface area contributed by atoms with Crippen LogP contribution < -0.4 is 0 Å². The summed E-state index contributed by atoms with van der Waals surface area (Å²) in [5.41, 5.74) is 1.19. The zero-order valence-corrected chi connectivity index (χ0v) is 13.1. The summed E-state index contributed by atoms with van der Waals surface area (Å²) in [6.07, 6.45) is 0. The summed E-state index contributed by atoms with van der Waals surface area (Å²) in [5, 5.41) is 0. The highest BCUT2D eigenvalue weighted by atomic mass is 32.2. The molecule has 112 valence electrons. The number of aryl methyl sites for hydroxylation is 4. The zero-order valence-electron chi connectivity index (χ0n) is 12.3. The van der Waals surface area contributed by atoms with Crippen LogP contribution in [0.15, 0.2) is 34.1 Å². The molecule has 0 radical (unpaired) electrons. The van der Waals surface area contributed by atoms with Crippen LogP contribution in [0.25, 0.3) is 0 Å². The Hall–Kier alpha value is -1.75. The van der Waals surface area contributed by atoms with Gasteiger partial charge in [0.2, 0.25) is 9.84 Å². The van der Waals surface area contributed by atoms with E-state index in [-0.39, 0.29) is 20.9 Å². The van der Waals surface area contributed by atoms with E-state index in [0.717, 1.165) is 0 Å². The molecular weight excluding hydrogens is 294 g/mol. The zero-order chi connectivity index (χ0) is 15.9. The van der Waals surface area contributed by atoms with Crippen molar-refractivity contribution in [3.05, 3.63) is 58.2 Å². The lowest BCUT2D eigenvalue weighted by atomic mass is 10.1. The molecule has 2 aromatic rings. The molecule has 0 saturated carbocycles. The van der Waals surface area contributed by atoms with Crippen LogP contribution in [0.2, 0.25) is 0 Å². The van der Waals surface area contributed by atoms with Crippen molar-refractivity contribution in [1.82, 2.24) is 0 Å². The second-order valence-electron chi connectivity index (χ2n) is 5.24. The van der Waals surface area contributed by atoms with E-state index in [1.807, 2.05) is 0 Å². The van der Waals surface area contributed by atoms with Crippen molar-refractivity contribution in [2.24, 2.45) is 0 Å². The summed E-state index contributed by atoms with van der Waals surface area (Å²) in [4.78, 5) is 0.103. The highest BCUT2D eigenvalue weighted by molar-refractivity contribution is 7.91. The summed E-state index contributed by atoms with van der Waals surface area (Å²) >= 11 is 0. The molecule has 2 aromatic carbocycles. The van der Waals surface area contributed by atoms with Crippen molar-refractivity contribution in [2.45, 2.75) is 37.5 Å². The molecule has 0 amide bonds. The Morgan fingerprint density at radius 3 is 1.33 bits per heavy atom. The summed E-state index contributed by atoms with van der Waals surface area (Å²) < 4.78 is 52.5. The topological polar surface area (TPSA) is 34.1 Å². The van der Waals surface area contributed by atoms with E-state index in [0.29, 0.717) is 11.1 Å². The van der Waals surface area contributed by atoms with Crippen molar-refractivity contribution in [1.29, 1.82) is 0 Å². The van der Waals surface area contributed by atoms with E-state index in [4.69, 9.17) is 0 Å². The minimum atomic E-state index is -3.81. The molecule has 0 aliphatic rings. The highest BCUT2D eigenvalue weighted by Crippen LogP contribution is 2.29. The highest BCUT2D eigenvalue weighted by Gasteiger charge is 2.24. The molecule has 2 rings (SSSR count). The maximum absolute atomic E-state index is 13.5. The largest absolute Gasteiger partial charge is 0.218 e. The van der Waals surface area contributed by atoms with Crippen molar-refractivity contribution >= 4 is 9.84 Å². The van der Waals surface area contributed by atoms with Gasteiger partial charge >= 0.3 is 0 Å². The normalized spacial score (nSPS) is 11.7. The monoisotopic (exact) mass is 310 g/mol. The van der Waals surface area contributed by atoms with Gasteiger partial charge in [0, 0.05) is 0 Å². The Kier molecular flexibility index (Phi) is 3.89. The first-order chi connectivity index (χ1) is 9.64. The average molecular weight is 310 g/mol. The second-order valence-corrected chi connectivity index (χ2v) is 7.12. The van der Waals surface area contributed by atoms with Gasteiger partial charge in [0.15, 0.2) is 0 Å². The van der Waals surface area contributed by atoms with Crippen molar-refractivity contribution in [2.75, 3.05) is 0 Å². The Balaban J connectivity index is 2.74. The maximum Gasteiger partial charge on any atom is 0.207 e. The van der Waals surface area contributed by atoms with Crippen LogP contribution in [0.1, 0.15) is 22.3 Å². The number of benzene rings is 2. The Morgan fingerprint density at radius 1 is 0.667 bits per heavy atom. The molecule has 0 bridgehead atoms. The molecule has 0 spiro atoms. The predicted octanol–water partition coefficient (Wildman–Crippen LogP) is 4.03. The first kappa shape index (κ1) is 15.6. The molecule has 0 fully saturated rings. The minimum Gasteiger partial charge on any atom is -0.218 e. The second kappa shape index (κ2) is 5.22. The number of hydrogen-bond acceptors (Lipinski definition) is 2. The number of rotatable bonds is 2. The fraction of sp³-hybridized carbons (Fsp3) is 0.250. The van der Waals surface area contributed by atoms with Gasteiger partial charge in [-0.25, -0.2) is 17.2 Å². The molecule has 0 saturated heterocycles. The first-order valence-corrected chi connectivity index (χ1v) is 7.91. The Morgan fingerprint density at radius 2 is 1.00 bits per heavy atom. The minimum absolute atomic E-state index is 0.0514. The van der Waals surface area contributed by atoms with Gasteiger partial charge in [0.05, 0.1) is 9.79 Å². The molecule has 0 aliphatic heterocycles. The summed E-state index contributed by atoms with van der Waals surface area (Å²) in [5.74, 6) is -0.892. The molecule has 5 heteroatoms. The maximum atomic E-state index is 13.5. The fourth-order valence-corrected chi connectivity index (χ4v) is 4.07. The van der Waals surface area contributed by atoms with Gasteiger partial charge in [0.25, 0.3) is 0 Å². The van der Waals surface area contributed by atoms with E-state index < -0.39 is 21.5 Å². The van der Waals surface area contributed by atoms with Crippen LogP contribution in [-0.2, 0) is 9.84 Å². The molecule has 0 atom stereocenters. The summed E-state index contributed by atoms with van der Waals surface area (Å²) in [7, 11) is -3.81. The smallest absolute Gasteiger partial charge is 0.207 e. The number of hydrogen-bond donors (Lipinski definition) is 0. The van der Waals surface area contributed by atoms with Gasteiger partial charge in [-0.2, -0.15) is 0 Å². The lowest BCUT2D eigenvalue weighted by Gasteiger charge is -2.13. The van der Waals surface area contributed by atoms with Crippen LogP contribution >= 0.6 is 0 Å². The molecular formula is C16H16F2O2S. The van der Waals surface area contributed by atoms with Gasteiger partial charge in [-0.3, -0.25) is 0 Å². The SMILES string of the molecule is Cc1cc(S(=O)(=O)c2cc(C)c(F)cc2C)c(C)cc1F. The number of sulfone groups is 1. The van der Waals surface area contributed by atoms with Crippen LogP contribution in [0.3, 0.4) is 0 Å². The first-order valence-electron chi connectivity index (χ1n) is 6.43. The molecule has 0 heterocycles. The quantitative estimate of drug-likeness (QED) is 0.785. The fourth-order valence-electron chi connectivity index (χ4n) is 2.21. The molecule has 2 nitrogen and oxygen atoms in total. The number of halogens is 2. The third-order valence-corrected chi connectivity index (χ3v) is 5.53. The van der Waals surface area contributed by atoms with Gasteiger partial charge < -0.3 is 0 Å². The van der Waals surface area contributed by atoms with Gasteiger partial charge in [-0.15, -0.1) is 0 Å². The lowest BCUT2D eigenvalue weighted by Crippen LogP contribution is -2.08. The average Bonchev–Trinajstić information content (AvgIpc) is 2.37. The van der Waals surface area contributed by atoms with E-state index in [1.54, 1.807) is 13.8 Å². The lowest BCUT2D eigenvalue weighted by molar-refractivity contribution is 0.589. The standard InChI is InChI=1S/C16H16F2O2S/c1-9-7-15(11(3)5-13(9)17)21(19,20)16-8-10(2)14(18)6-12(16)4/h5-8H,1-4H3. The molecule has 0 aromatic heterocycles. The Labute approximate surface area is 123 Å². The van der Waals surface area contributed by atoms with Crippen molar-refractivity contribution in [3.8, 4) is 0 Å². The predicted molar refractivity (Wildman–Crippen MR) is 77.2 cm³/mol. The van der Waals surface area contributed by atoms with Gasteiger partial charge in [-0.05, 0) is 74.2 Å². The molecule has 21 heavy (non-hydrogen) atoms. The summed E-state index contributed by atoms with van der Waals surface area (Å²) in [6, 6.07) is 5.04. The van der Waals surface area contributed by atoms with Crippen LogP contribution in [0.5, 0.6) is 0 Å². The van der Waals surface area contributed by atoms with E-state index in [9.17, 15) is 17.2 Å². The van der Waals surface area contributed by atoms with Gasteiger partial charge in [-0.1, -0.05) is 0 Å². The molecule has 0 unspecified atom stereocenters. The third-order valence-electron chi connectivity index (χ3n) is 3.49. The van der Waals surface area contributed by atoms with E-state index in [1.165, 1.54) is 38.1 Å². The van der Waals surface area contributed by atoms with Crippen molar-refractivity contribution < 1.29 is 17.2 Å². The molecule has 0 aliphatic carbocycles. The Bertz CT molecular complexity index is 761. The van der Waals surface area contributed by atoms with E-state index >= 15 is 0 Å². The van der Waals surface area contributed by atoms with Gasteiger partial charge in [0.1, 0.15) is 11.6 Å². The van der Waals surface area contributed by atoms with E-state index in [2.05, 4.69) is 0 Å². The van der Waals surface area contributed by atoms with Crippen LogP contribution in [0.4, 0.5) is 8.78 Å². The van der Waals surface area contributed by atoms with Crippen molar-refractivity contribution in [3.63, 3.8) is 0 Å². The van der Waals surface area contributed by atoms with Crippen LogP contribution in [-0.4, -0.2) is 8.42 Å². The third kappa shape index (κ3) is 2.70. The summed E-state index contributed by atoms with van der Waals surface area (Å²) in [6.45, 7) is 6.11.